The topological polar surface area (TPSA) is 43.8 Å². The lowest BCUT2D eigenvalue weighted by molar-refractivity contribution is 0.686. The SMILES string of the molecule is Cc1nc(-c2ccc3c(c2)CCCC3)c(CN)n1C. The molecule has 0 amide bonds. The van der Waals surface area contributed by atoms with E-state index in [4.69, 9.17) is 5.73 Å². The van der Waals surface area contributed by atoms with E-state index in [1.165, 1.54) is 42.4 Å². The highest BCUT2D eigenvalue weighted by molar-refractivity contribution is 5.64. The standard InChI is InChI=1S/C16H21N3/c1-11-18-16(15(10-17)19(11)2)14-8-7-12-5-3-4-6-13(12)9-14/h7-9H,3-6,10,17H2,1-2H3. The van der Waals surface area contributed by atoms with Gasteiger partial charge in [0.15, 0.2) is 0 Å². The van der Waals surface area contributed by atoms with Crippen molar-refractivity contribution < 1.29 is 0 Å². The lowest BCUT2D eigenvalue weighted by Crippen LogP contribution is -2.06. The molecular formula is C16H21N3. The average Bonchev–Trinajstić information content (AvgIpc) is 2.74. The largest absolute Gasteiger partial charge is 0.334 e. The third-order valence-corrected chi connectivity index (χ3v) is 4.25. The molecule has 0 atom stereocenters. The number of aryl methyl sites for hydroxylation is 3. The molecule has 1 heterocycles. The van der Waals surface area contributed by atoms with Crippen molar-refractivity contribution in [1.82, 2.24) is 9.55 Å². The molecule has 0 bridgehead atoms. The summed E-state index contributed by atoms with van der Waals surface area (Å²) in [6.45, 7) is 2.56. The summed E-state index contributed by atoms with van der Waals surface area (Å²) in [5.74, 6) is 1.02. The van der Waals surface area contributed by atoms with Gasteiger partial charge in [-0.05, 0) is 49.8 Å². The molecule has 3 rings (SSSR count). The van der Waals surface area contributed by atoms with Crippen LogP contribution in [-0.2, 0) is 26.4 Å². The summed E-state index contributed by atoms with van der Waals surface area (Å²) in [5.41, 5.74) is 12.3. The van der Waals surface area contributed by atoms with Crippen molar-refractivity contribution >= 4 is 0 Å². The first-order valence-corrected chi connectivity index (χ1v) is 7.05. The molecule has 0 unspecified atom stereocenters. The second-order valence-corrected chi connectivity index (χ2v) is 5.41. The van der Waals surface area contributed by atoms with E-state index < -0.39 is 0 Å². The van der Waals surface area contributed by atoms with Gasteiger partial charge in [0.05, 0.1) is 11.4 Å². The predicted molar refractivity (Wildman–Crippen MR) is 77.9 cm³/mol. The maximum Gasteiger partial charge on any atom is 0.106 e. The number of hydrogen-bond donors (Lipinski definition) is 1. The minimum Gasteiger partial charge on any atom is -0.334 e. The second-order valence-electron chi connectivity index (χ2n) is 5.41. The maximum absolute atomic E-state index is 5.88. The van der Waals surface area contributed by atoms with Crippen LogP contribution in [0.3, 0.4) is 0 Å². The summed E-state index contributed by atoms with van der Waals surface area (Å²) in [6.07, 6.45) is 5.05. The minimum absolute atomic E-state index is 0.532. The molecule has 0 aliphatic heterocycles. The Balaban J connectivity index is 2.09. The molecule has 2 aromatic rings. The molecule has 1 aromatic carbocycles. The van der Waals surface area contributed by atoms with Crippen LogP contribution in [0.15, 0.2) is 18.2 Å². The monoisotopic (exact) mass is 255 g/mol. The molecule has 1 aliphatic carbocycles. The highest BCUT2D eigenvalue weighted by atomic mass is 15.1. The molecule has 0 saturated heterocycles. The molecule has 0 saturated carbocycles. The van der Waals surface area contributed by atoms with Crippen LogP contribution < -0.4 is 5.73 Å². The van der Waals surface area contributed by atoms with Gasteiger partial charge >= 0.3 is 0 Å². The Hall–Kier alpha value is -1.61. The van der Waals surface area contributed by atoms with Crippen LogP contribution >= 0.6 is 0 Å². The predicted octanol–water partition coefficient (Wildman–Crippen LogP) is 2.73. The van der Waals surface area contributed by atoms with E-state index in [0.29, 0.717) is 6.54 Å². The van der Waals surface area contributed by atoms with Gasteiger partial charge in [-0.15, -0.1) is 0 Å². The molecule has 1 aliphatic rings. The molecule has 0 spiro atoms. The van der Waals surface area contributed by atoms with Gasteiger partial charge < -0.3 is 10.3 Å². The molecule has 1 aromatic heterocycles. The highest BCUT2D eigenvalue weighted by Crippen LogP contribution is 2.29. The van der Waals surface area contributed by atoms with Gasteiger partial charge in [0.1, 0.15) is 5.82 Å². The first-order valence-electron chi connectivity index (χ1n) is 7.05. The van der Waals surface area contributed by atoms with Crippen LogP contribution in [0.5, 0.6) is 0 Å². The fourth-order valence-electron chi connectivity index (χ4n) is 3.00. The Bertz CT molecular complexity index is 611. The van der Waals surface area contributed by atoms with Crippen LogP contribution in [-0.4, -0.2) is 9.55 Å². The number of rotatable bonds is 2. The van der Waals surface area contributed by atoms with Crippen LogP contribution in [0.25, 0.3) is 11.3 Å². The number of nitrogens with two attached hydrogens (primary N) is 1. The highest BCUT2D eigenvalue weighted by Gasteiger charge is 2.15. The summed E-state index contributed by atoms with van der Waals surface area (Å²) >= 11 is 0. The van der Waals surface area contributed by atoms with Crippen molar-refractivity contribution in [1.29, 1.82) is 0 Å². The van der Waals surface area contributed by atoms with Crippen molar-refractivity contribution in [2.75, 3.05) is 0 Å². The van der Waals surface area contributed by atoms with Crippen molar-refractivity contribution in [3.05, 3.63) is 40.8 Å². The molecule has 3 nitrogen and oxygen atoms in total. The Morgan fingerprint density at radius 2 is 1.95 bits per heavy atom. The van der Waals surface area contributed by atoms with Gasteiger partial charge in [-0.3, -0.25) is 0 Å². The Morgan fingerprint density at radius 3 is 2.68 bits per heavy atom. The van der Waals surface area contributed by atoms with Gasteiger partial charge in [-0.2, -0.15) is 0 Å². The molecule has 0 radical (unpaired) electrons. The van der Waals surface area contributed by atoms with Gasteiger partial charge in [-0.25, -0.2) is 4.98 Å². The zero-order chi connectivity index (χ0) is 13.4. The van der Waals surface area contributed by atoms with E-state index in [-0.39, 0.29) is 0 Å². The van der Waals surface area contributed by atoms with Gasteiger partial charge in [-0.1, -0.05) is 12.1 Å². The minimum atomic E-state index is 0.532. The molecular weight excluding hydrogens is 234 g/mol. The summed E-state index contributed by atoms with van der Waals surface area (Å²) in [7, 11) is 2.03. The fraction of sp³-hybridized carbons (Fsp3) is 0.438. The number of benzene rings is 1. The Kier molecular flexibility index (Phi) is 3.15. The number of imidazole rings is 1. The number of hydrogen-bond acceptors (Lipinski definition) is 2. The molecule has 100 valence electrons. The van der Waals surface area contributed by atoms with E-state index in [2.05, 4.69) is 27.8 Å². The van der Waals surface area contributed by atoms with Crippen LogP contribution in [0.2, 0.25) is 0 Å². The van der Waals surface area contributed by atoms with E-state index in [9.17, 15) is 0 Å². The van der Waals surface area contributed by atoms with Crippen LogP contribution in [0.1, 0.15) is 35.5 Å². The lowest BCUT2D eigenvalue weighted by atomic mass is 9.90. The van der Waals surface area contributed by atoms with E-state index >= 15 is 0 Å². The van der Waals surface area contributed by atoms with Gasteiger partial charge in [0, 0.05) is 19.2 Å². The normalized spacial score (nSPS) is 14.5. The fourth-order valence-corrected chi connectivity index (χ4v) is 3.00. The van der Waals surface area contributed by atoms with E-state index in [1.54, 1.807) is 0 Å². The van der Waals surface area contributed by atoms with E-state index in [0.717, 1.165) is 17.2 Å². The summed E-state index contributed by atoms with van der Waals surface area (Å²) in [5, 5.41) is 0. The molecule has 19 heavy (non-hydrogen) atoms. The van der Waals surface area contributed by atoms with E-state index in [1.807, 2.05) is 14.0 Å². The quantitative estimate of drug-likeness (QED) is 0.896. The molecule has 0 fully saturated rings. The summed E-state index contributed by atoms with van der Waals surface area (Å²) in [6, 6.07) is 6.79. The van der Waals surface area contributed by atoms with Crippen LogP contribution in [0.4, 0.5) is 0 Å². The number of nitrogens with zero attached hydrogens (tertiary/aromatic N) is 2. The second kappa shape index (κ2) is 4.82. The van der Waals surface area contributed by atoms with Crippen molar-refractivity contribution in [3.63, 3.8) is 0 Å². The zero-order valence-electron chi connectivity index (χ0n) is 11.7. The summed E-state index contributed by atoms with van der Waals surface area (Å²) < 4.78 is 2.09. The molecule has 2 N–H and O–H groups in total. The van der Waals surface area contributed by atoms with Crippen molar-refractivity contribution in [2.24, 2.45) is 12.8 Å². The third kappa shape index (κ3) is 2.08. The van der Waals surface area contributed by atoms with Crippen molar-refractivity contribution in [3.8, 4) is 11.3 Å². The third-order valence-electron chi connectivity index (χ3n) is 4.25. The first kappa shape index (κ1) is 12.4. The van der Waals surface area contributed by atoms with Gasteiger partial charge in [0.2, 0.25) is 0 Å². The average molecular weight is 255 g/mol. The Morgan fingerprint density at radius 1 is 1.21 bits per heavy atom. The van der Waals surface area contributed by atoms with Crippen LogP contribution in [0, 0.1) is 6.92 Å². The summed E-state index contributed by atoms with van der Waals surface area (Å²) in [4.78, 5) is 4.68. The smallest absolute Gasteiger partial charge is 0.106 e. The van der Waals surface area contributed by atoms with Gasteiger partial charge in [0.25, 0.3) is 0 Å². The number of fused-ring (bicyclic) bond motifs is 1. The first-order chi connectivity index (χ1) is 9.20. The lowest BCUT2D eigenvalue weighted by Gasteiger charge is -2.16. The number of aromatic nitrogens is 2. The van der Waals surface area contributed by atoms with Crippen molar-refractivity contribution in [2.45, 2.75) is 39.2 Å². The zero-order valence-corrected chi connectivity index (χ0v) is 11.7. The molecule has 3 heteroatoms. The Labute approximate surface area is 114 Å². The maximum atomic E-state index is 5.88.